The zero-order valence-electron chi connectivity index (χ0n) is 37.2. The van der Waals surface area contributed by atoms with E-state index in [9.17, 15) is 33.5 Å². The van der Waals surface area contributed by atoms with Crippen molar-refractivity contribution in [3.05, 3.63) is 24.3 Å². The van der Waals surface area contributed by atoms with Gasteiger partial charge in [0, 0.05) is 19.3 Å². The number of phosphoric ester groups is 2. The van der Waals surface area contributed by atoms with E-state index in [0.29, 0.717) is 19.3 Å². The molecule has 352 valence electrons. The Bertz CT molecular complexity index is 1240. The first kappa shape index (κ1) is 58.3. The van der Waals surface area contributed by atoms with Gasteiger partial charge in [0.05, 0.1) is 19.8 Å². The van der Waals surface area contributed by atoms with Crippen LogP contribution in [-0.4, -0.2) is 76.1 Å². The third kappa shape index (κ3) is 42.9. The van der Waals surface area contributed by atoms with Crippen LogP contribution in [0, 0.1) is 5.92 Å². The van der Waals surface area contributed by atoms with Gasteiger partial charge in [0.1, 0.15) is 12.7 Å². The van der Waals surface area contributed by atoms with Crippen LogP contribution in [-0.2, 0) is 46.6 Å². The summed E-state index contributed by atoms with van der Waals surface area (Å²) in [7, 11) is -9.71. The van der Waals surface area contributed by atoms with Gasteiger partial charge in [0.2, 0.25) is 0 Å². The van der Waals surface area contributed by atoms with Crippen LogP contribution in [0.1, 0.15) is 194 Å². The minimum absolute atomic E-state index is 0.0883. The van der Waals surface area contributed by atoms with Crippen molar-refractivity contribution in [2.75, 3.05) is 26.4 Å². The maximum absolute atomic E-state index is 12.7. The van der Waals surface area contributed by atoms with Gasteiger partial charge in [-0.3, -0.25) is 28.0 Å². The van der Waals surface area contributed by atoms with Gasteiger partial charge in [-0.25, -0.2) is 9.13 Å². The molecule has 1 unspecified atom stereocenters. The molecule has 0 spiro atoms. The van der Waals surface area contributed by atoms with Crippen molar-refractivity contribution >= 4 is 33.4 Å². The van der Waals surface area contributed by atoms with Crippen LogP contribution in [0.3, 0.4) is 0 Å². The Kier molecular flexibility index (Phi) is 37.8. The van der Waals surface area contributed by atoms with E-state index < -0.39 is 66.2 Å². The second-order valence-electron chi connectivity index (χ2n) is 16.2. The summed E-state index contributed by atoms with van der Waals surface area (Å²) >= 11 is 0. The molecule has 14 nitrogen and oxygen atoms in total. The van der Waals surface area contributed by atoms with Gasteiger partial charge in [-0.1, -0.05) is 161 Å². The Morgan fingerprint density at radius 1 is 0.567 bits per heavy atom. The molecule has 0 fully saturated rings. The predicted octanol–water partition coefficient (Wildman–Crippen LogP) is 10.9. The second-order valence-corrected chi connectivity index (χ2v) is 18.9. The van der Waals surface area contributed by atoms with Gasteiger partial charge in [-0.2, -0.15) is 0 Å². The molecule has 0 saturated heterocycles. The molecule has 0 aromatic rings. The molecule has 0 heterocycles. The van der Waals surface area contributed by atoms with Gasteiger partial charge in [0.25, 0.3) is 0 Å². The molecule has 0 aromatic heterocycles. The maximum atomic E-state index is 12.7. The molecule has 0 rings (SSSR count). The number of phosphoric acid groups is 2. The lowest BCUT2D eigenvalue weighted by Crippen LogP contribution is -2.30. The van der Waals surface area contributed by atoms with Crippen LogP contribution in [0.25, 0.3) is 0 Å². The Balaban J connectivity index is 4.54. The molecule has 0 bridgehead atoms. The summed E-state index contributed by atoms with van der Waals surface area (Å²) in [6, 6.07) is 0. The highest BCUT2D eigenvalue weighted by molar-refractivity contribution is 7.47. The summed E-state index contributed by atoms with van der Waals surface area (Å²) in [4.78, 5) is 64.8. The zero-order valence-corrected chi connectivity index (χ0v) is 39.0. The van der Waals surface area contributed by atoms with Crippen molar-refractivity contribution in [3.63, 3.8) is 0 Å². The smallest absolute Gasteiger partial charge is 0.462 e. The van der Waals surface area contributed by atoms with Crippen LogP contribution >= 0.6 is 15.6 Å². The predicted molar refractivity (Wildman–Crippen MR) is 235 cm³/mol. The molecule has 0 radical (unpaired) electrons. The highest BCUT2D eigenvalue weighted by Crippen LogP contribution is 2.43. The first-order valence-corrected chi connectivity index (χ1v) is 25.9. The van der Waals surface area contributed by atoms with Gasteiger partial charge in [-0.05, 0) is 44.1 Å². The normalized spacial score (nSPS) is 14.2. The number of hydrogen-bond donors (Lipinski definition) is 4. The molecular weight excluding hydrogens is 814 g/mol. The number of esters is 2. The SMILES string of the molecule is CCCCC/C=C\C=C\C(=O)CCCCCCCC(=O)OC[C@H](COP(=O)(O)OC[C@@H](O)COP(=O)(O)O)OC(=O)CCCCCCCCCCCCCCCCC(C)C. The maximum Gasteiger partial charge on any atom is 0.472 e. The highest BCUT2D eigenvalue weighted by Gasteiger charge is 2.28. The average Bonchev–Trinajstić information content (AvgIpc) is 3.19. The van der Waals surface area contributed by atoms with Crippen molar-refractivity contribution < 1.29 is 66.3 Å². The summed E-state index contributed by atoms with van der Waals surface area (Å²) in [6.45, 7) is 3.92. The molecule has 4 N–H and O–H groups in total. The fourth-order valence-electron chi connectivity index (χ4n) is 6.22. The third-order valence-electron chi connectivity index (χ3n) is 9.74. The molecular formula is C44H82O14P2. The van der Waals surface area contributed by atoms with E-state index in [1.807, 2.05) is 6.08 Å². The average molecular weight is 897 g/mol. The summed E-state index contributed by atoms with van der Waals surface area (Å²) in [6.07, 6.45) is 31.4. The van der Waals surface area contributed by atoms with Crippen molar-refractivity contribution in [2.45, 2.75) is 206 Å². The molecule has 0 aliphatic rings. The van der Waals surface area contributed by atoms with Crippen LogP contribution in [0.2, 0.25) is 0 Å². The lowest BCUT2D eigenvalue weighted by molar-refractivity contribution is -0.161. The van der Waals surface area contributed by atoms with Crippen LogP contribution < -0.4 is 0 Å². The second kappa shape index (κ2) is 38.9. The van der Waals surface area contributed by atoms with Crippen molar-refractivity contribution in [2.24, 2.45) is 5.92 Å². The lowest BCUT2D eigenvalue weighted by atomic mass is 10.0. The zero-order chi connectivity index (χ0) is 44.7. The number of aliphatic hydroxyl groups excluding tert-OH is 1. The summed E-state index contributed by atoms with van der Waals surface area (Å²) in [5, 5.41) is 9.75. The van der Waals surface area contributed by atoms with Crippen molar-refractivity contribution in [1.82, 2.24) is 0 Å². The topological polar surface area (TPSA) is 212 Å². The first-order chi connectivity index (χ1) is 28.6. The number of rotatable bonds is 43. The van der Waals surface area contributed by atoms with Gasteiger partial charge >= 0.3 is 27.6 Å². The van der Waals surface area contributed by atoms with Gasteiger partial charge < -0.3 is 29.3 Å². The number of hydrogen-bond acceptors (Lipinski definition) is 11. The molecule has 16 heteroatoms. The fraction of sp³-hybridized carbons (Fsp3) is 0.841. The Morgan fingerprint density at radius 3 is 1.58 bits per heavy atom. The monoisotopic (exact) mass is 897 g/mol. The van der Waals surface area contributed by atoms with E-state index in [0.717, 1.165) is 70.1 Å². The Labute approximate surface area is 361 Å². The number of unbranched alkanes of at least 4 members (excludes halogenated alkanes) is 20. The molecule has 0 amide bonds. The number of allylic oxidation sites excluding steroid dienone is 4. The molecule has 3 atom stereocenters. The third-order valence-corrected chi connectivity index (χ3v) is 11.2. The largest absolute Gasteiger partial charge is 0.472 e. The molecule has 60 heavy (non-hydrogen) atoms. The minimum Gasteiger partial charge on any atom is -0.462 e. The fourth-order valence-corrected chi connectivity index (χ4v) is 7.38. The minimum atomic E-state index is -4.87. The Morgan fingerprint density at radius 2 is 1.05 bits per heavy atom. The number of carbonyl (C=O) groups excluding carboxylic acids is 3. The summed E-state index contributed by atoms with van der Waals surface area (Å²) in [5.41, 5.74) is 0. The van der Waals surface area contributed by atoms with Gasteiger partial charge in [0.15, 0.2) is 11.9 Å². The summed E-state index contributed by atoms with van der Waals surface area (Å²) in [5.74, 6) is -0.226. The van der Waals surface area contributed by atoms with E-state index in [4.69, 9.17) is 23.8 Å². The number of carbonyl (C=O) groups is 3. The van der Waals surface area contributed by atoms with Crippen molar-refractivity contribution in [1.29, 1.82) is 0 Å². The van der Waals surface area contributed by atoms with Crippen LogP contribution in [0.4, 0.5) is 0 Å². The van der Waals surface area contributed by atoms with Crippen LogP contribution in [0.5, 0.6) is 0 Å². The van der Waals surface area contributed by atoms with Crippen LogP contribution in [0.15, 0.2) is 24.3 Å². The van der Waals surface area contributed by atoms with Crippen molar-refractivity contribution in [3.8, 4) is 0 Å². The molecule has 0 aromatic carbocycles. The first-order valence-electron chi connectivity index (χ1n) is 22.8. The molecule has 0 saturated carbocycles. The number of aliphatic hydroxyl groups is 1. The standard InChI is InChI=1S/C44H82O14P2/c1-4-5-6-7-16-21-26-31-40(45)32-27-22-19-24-28-33-43(47)54-37-42(38-57-60(52,53)56-36-41(46)35-55-59(49,50)51)58-44(48)34-29-23-18-15-13-11-9-8-10-12-14-17-20-25-30-39(2)3/h16,21,26,31,39,41-42,46H,4-15,17-20,22-25,27-30,32-38H2,1-3H3,(H,52,53)(H2,49,50,51)/b21-16-,31-26+/t41-,42+/m0/s1. The highest BCUT2D eigenvalue weighted by atomic mass is 31.2. The van der Waals surface area contributed by atoms with E-state index in [2.05, 4.69) is 35.9 Å². The number of ether oxygens (including phenoxy) is 2. The van der Waals surface area contributed by atoms with E-state index in [-0.39, 0.29) is 18.6 Å². The van der Waals surface area contributed by atoms with E-state index in [1.165, 1.54) is 77.0 Å². The number of ketones is 1. The summed E-state index contributed by atoms with van der Waals surface area (Å²) < 4.78 is 47.7. The quantitative estimate of drug-likeness (QED) is 0.0147. The van der Waals surface area contributed by atoms with Gasteiger partial charge in [-0.15, -0.1) is 0 Å². The molecule has 0 aliphatic carbocycles. The molecule has 0 aliphatic heterocycles. The lowest BCUT2D eigenvalue weighted by Gasteiger charge is -2.20. The van der Waals surface area contributed by atoms with E-state index in [1.54, 1.807) is 12.2 Å². The Hall–Kier alpha value is -1.73. The van der Waals surface area contributed by atoms with E-state index >= 15 is 0 Å².